The number of hydrogen-bond donors (Lipinski definition) is 0. The first-order valence-corrected chi connectivity index (χ1v) is 8.17. The Kier molecular flexibility index (Phi) is 6.37. The summed E-state index contributed by atoms with van der Waals surface area (Å²) < 4.78 is 0.821. The van der Waals surface area contributed by atoms with E-state index in [9.17, 15) is 0 Å². The minimum absolute atomic E-state index is 0.821. The molecule has 0 aliphatic heterocycles. The molecule has 0 unspecified atom stereocenters. The molecule has 0 bridgehead atoms. The molecule has 2 aromatic heterocycles. The molecule has 3 rings (SSSR count). The van der Waals surface area contributed by atoms with Gasteiger partial charge in [0.05, 0.1) is 4.60 Å². The van der Waals surface area contributed by atoms with Crippen molar-refractivity contribution >= 4 is 26.1 Å². The molecule has 5 heteroatoms. The third-order valence-electron chi connectivity index (χ3n) is 2.73. The zero-order chi connectivity index (χ0) is 15.1. The summed E-state index contributed by atoms with van der Waals surface area (Å²) in [4.78, 5) is 8.78. The topological polar surface area (TPSA) is 25.8 Å². The molecule has 2 heterocycles. The summed E-state index contributed by atoms with van der Waals surface area (Å²) in [6.45, 7) is 0. The van der Waals surface area contributed by atoms with E-state index in [2.05, 4.69) is 56.7 Å². The number of benzene rings is 1. The predicted molar refractivity (Wildman–Crippen MR) is 85.3 cm³/mol. The SMILES string of the molecule is Brc1cccc(-c2[c-]c(-c3ccccn3)ccc2)n1.[Cl][Ni]. The molecule has 3 aromatic rings. The molecule has 0 saturated heterocycles. The second-order valence-electron chi connectivity index (χ2n) is 4.04. The van der Waals surface area contributed by atoms with E-state index in [0.29, 0.717) is 0 Å². The van der Waals surface area contributed by atoms with Gasteiger partial charge in [-0.3, -0.25) is 9.97 Å². The summed E-state index contributed by atoms with van der Waals surface area (Å²) in [7, 11) is 4.26. The average molecular weight is 404 g/mol. The number of aromatic nitrogens is 2. The molecular weight excluding hydrogens is 394 g/mol. The van der Waals surface area contributed by atoms with Crippen molar-refractivity contribution in [3.8, 4) is 22.5 Å². The van der Waals surface area contributed by atoms with Gasteiger partial charge in [-0.1, -0.05) is 35.4 Å². The van der Waals surface area contributed by atoms with Gasteiger partial charge in [0.2, 0.25) is 0 Å². The molecule has 0 spiro atoms. The molecule has 0 fully saturated rings. The number of rotatable bonds is 2. The van der Waals surface area contributed by atoms with E-state index in [1.54, 1.807) is 6.20 Å². The van der Waals surface area contributed by atoms with Crippen LogP contribution in [0.3, 0.4) is 0 Å². The Morgan fingerprint density at radius 2 is 1.52 bits per heavy atom. The summed E-state index contributed by atoms with van der Waals surface area (Å²) in [5.74, 6) is 0. The van der Waals surface area contributed by atoms with Gasteiger partial charge in [-0.05, 0) is 28.1 Å². The van der Waals surface area contributed by atoms with Crippen LogP contribution in [0.4, 0.5) is 0 Å². The van der Waals surface area contributed by atoms with E-state index in [0.717, 1.165) is 27.1 Å². The molecule has 0 aliphatic carbocycles. The third-order valence-corrected chi connectivity index (χ3v) is 3.17. The number of nitrogens with zero attached hydrogens (tertiary/aromatic N) is 2. The molecule has 0 N–H and O–H groups in total. The molecule has 2 nitrogen and oxygen atoms in total. The predicted octanol–water partition coefficient (Wildman–Crippen LogP) is 5.06. The van der Waals surface area contributed by atoms with Gasteiger partial charge >= 0.3 is 24.8 Å². The Labute approximate surface area is 144 Å². The maximum atomic E-state index is 4.44. The van der Waals surface area contributed by atoms with Crippen molar-refractivity contribution in [2.75, 3.05) is 0 Å². The number of halogens is 2. The fourth-order valence-electron chi connectivity index (χ4n) is 1.85. The van der Waals surface area contributed by atoms with Gasteiger partial charge in [0.15, 0.2) is 0 Å². The second-order valence-corrected chi connectivity index (χ2v) is 4.85. The standard InChI is InChI=1S/C16H10BrN2.ClH.Ni/c17-16-9-4-8-15(19-16)13-6-3-5-12(11-13)14-7-1-2-10-18-14;;/h1-10H;1H;/q-1;;+1/p-1. The molecule has 109 valence electrons. The zero-order valence-electron chi connectivity index (χ0n) is 10.7. The summed E-state index contributed by atoms with van der Waals surface area (Å²) in [5, 5.41) is 0. The summed E-state index contributed by atoms with van der Waals surface area (Å²) in [6, 6.07) is 21.1. The van der Waals surface area contributed by atoms with Gasteiger partial charge in [-0.25, -0.2) is 0 Å². The van der Waals surface area contributed by atoms with Gasteiger partial charge in [0.1, 0.15) is 0 Å². The third kappa shape index (κ3) is 4.37. The first kappa shape index (κ1) is 16.2. The van der Waals surface area contributed by atoms with Crippen LogP contribution in [0.25, 0.3) is 22.5 Å². The van der Waals surface area contributed by atoms with Gasteiger partial charge in [-0.15, -0.1) is 24.3 Å². The Balaban J connectivity index is 0.000000774. The summed E-state index contributed by atoms with van der Waals surface area (Å²) in [6.07, 6.45) is 1.78. The van der Waals surface area contributed by atoms with Crippen molar-refractivity contribution in [3.63, 3.8) is 0 Å². The summed E-state index contributed by atoms with van der Waals surface area (Å²) in [5.41, 5.74) is 3.75. The fraction of sp³-hybridized carbons (Fsp3) is 0. The van der Waals surface area contributed by atoms with Crippen molar-refractivity contribution in [2.24, 2.45) is 0 Å². The van der Waals surface area contributed by atoms with Crippen LogP contribution in [-0.2, 0) is 14.6 Å². The van der Waals surface area contributed by atoms with Crippen LogP contribution in [0, 0.1) is 6.07 Å². The van der Waals surface area contributed by atoms with Crippen molar-refractivity contribution in [1.29, 1.82) is 0 Å². The minimum atomic E-state index is 0.821. The van der Waals surface area contributed by atoms with Crippen molar-refractivity contribution < 1.29 is 14.6 Å². The van der Waals surface area contributed by atoms with Crippen molar-refractivity contribution in [3.05, 3.63) is 71.5 Å². The molecule has 0 aliphatic rings. The molecule has 0 amide bonds. The number of pyridine rings is 2. The normalized spacial score (nSPS) is 9.71. The van der Waals surface area contributed by atoms with E-state index < -0.39 is 0 Å². The van der Waals surface area contributed by atoms with Gasteiger partial charge in [0, 0.05) is 17.6 Å². The van der Waals surface area contributed by atoms with E-state index in [1.165, 1.54) is 0 Å². The molecule has 21 heavy (non-hydrogen) atoms. The summed E-state index contributed by atoms with van der Waals surface area (Å²) >= 11 is 6.73. The van der Waals surface area contributed by atoms with Crippen molar-refractivity contribution in [1.82, 2.24) is 9.97 Å². The van der Waals surface area contributed by atoms with Crippen LogP contribution >= 0.6 is 26.1 Å². The molecule has 0 radical (unpaired) electrons. The molecule has 1 aromatic carbocycles. The number of hydrogen-bond acceptors (Lipinski definition) is 2. The first-order valence-electron chi connectivity index (χ1n) is 6.01. The van der Waals surface area contributed by atoms with E-state index in [4.69, 9.17) is 0 Å². The zero-order valence-corrected chi connectivity index (χ0v) is 14.1. The van der Waals surface area contributed by atoms with Crippen LogP contribution in [0.15, 0.2) is 65.4 Å². The van der Waals surface area contributed by atoms with E-state index in [-0.39, 0.29) is 0 Å². The van der Waals surface area contributed by atoms with Gasteiger partial charge < -0.3 is 0 Å². The van der Waals surface area contributed by atoms with Crippen LogP contribution < -0.4 is 0 Å². The first-order chi connectivity index (χ1) is 10.3. The van der Waals surface area contributed by atoms with Crippen molar-refractivity contribution in [2.45, 2.75) is 0 Å². The second kappa shape index (κ2) is 8.28. The Hall–Kier alpha value is -1.22. The fourth-order valence-corrected chi connectivity index (χ4v) is 2.19. The maximum absolute atomic E-state index is 4.44. The average Bonchev–Trinajstić information content (AvgIpc) is 2.58. The Morgan fingerprint density at radius 3 is 2.19 bits per heavy atom. The van der Waals surface area contributed by atoms with Gasteiger partial charge in [0.25, 0.3) is 0 Å². The van der Waals surface area contributed by atoms with Crippen LogP contribution in [-0.4, -0.2) is 9.97 Å². The van der Waals surface area contributed by atoms with Gasteiger partial charge in [-0.2, -0.15) is 0 Å². The van der Waals surface area contributed by atoms with E-state index >= 15 is 0 Å². The Morgan fingerprint density at radius 1 is 0.857 bits per heavy atom. The van der Waals surface area contributed by atoms with E-state index in [1.807, 2.05) is 54.6 Å². The van der Waals surface area contributed by atoms with Crippen LogP contribution in [0.1, 0.15) is 0 Å². The Bertz CT molecular complexity index is 707. The quantitative estimate of drug-likeness (QED) is 0.339. The molecule has 0 saturated carbocycles. The molecule has 0 atom stereocenters. The molecular formula is C16H10BrClN2Ni-. The monoisotopic (exact) mass is 402 g/mol. The van der Waals surface area contributed by atoms with Crippen LogP contribution in [0.5, 0.6) is 0 Å². The van der Waals surface area contributed by atoms with Crippen LogP contribution in [0.2, 0.25) is 0 Å².